The Morgan fingerprint density at radius 2 is 1.82 bits per heavy atom. The second-order valence-corrected chi connectivity index (χ2v) is 9.84. The number of benzene rings is 2. The Kier molecular flexibility index (Phi) is 7.45. The molecule has 1 aliphatic rings. The predicted molar refractivity (Wildman–Crippen MR) is 121 cm³/mol. The average Bonchev–Trinajstić information content (AvgIpc) is 2.80. The van der Waals surface area contributed by atoms with Crippen molar-refractivity contribution in [3.05, 3.63) is 57.1 Å². The van der Waals surface area contributed by atoms with Gasteiger partial charge in [-0.3, -0.25) is 14.9 Å². The third-order valence-electron chi connectivity index (χ3n) is 5.33. The van der Waals surface area contributed by atoms with Crippen LogP contribution in [0.2, 0.25) is 5.02 Å². The molecule has 1 heterocycles. The molecule has 0 saturated carbocycles. The van der Waals surface area contributed by atoms with Gasteiger partial charge in [-0.25, -0.2) is 8.42 Å². The number of nitro groups is 1. The monoisotopic (exact) mass is 497 g/mol. The molecule has 0 bridgehead atoms. The summed E-state index contributed by atoms with van der Waals surface area (Å²) in [5.74, 6) is 0.221. The normalized spacial score (nSPS) is 15.7. The van der Waals surface area contributed by atoms with Crippen molar-refractivity contribution in [2.24, 2.45) is 0 Å². The molecule has 10 nitrogen and oxygen atoms in total. The molecular weight excluding hydrogens is 474 g/mol. The van der Waals surface area contributed by atoms with E-state index in [-0.39, 0.29) is 42.7 Å². The Morgan fingerprint density at radius 1 is 1.15 bits per heavy atom. The van der Waals surface area contributed by atoms with Gasteiger partial charge in [0.25, 0.3) is 5.91 Å². The molecule has 1 saturated heterocycles. The van der Waals surface area contributed by atoms with Crippen molar-refractivity contribution in [2.75, 3.05) is 33.3 Å². The first-order valence-electron chi connectivity index (χ1n) is 10.1. The molecule has 0 aliphatic carbocycles. The number of carbonyl (C=O) groups is 1. The first-order chi connectivity index (χ1) is 15.5. The number of piperazine rings is 1. The predicted octanol–water partition coefficient (Wildman–Crippen LogP) is 2.87. The minimum atomic E-state index is -3.98. The number of nitrogens with zero attached hydrogens (tertiary/aromatic N) is 3. The van der Waals surface area contributed by atoms with Crippen molar-refractivity contribution in [2.45, 2.75) is 24.8 Å². The van der Waals surface area contributed by atoms with Gasteiger partial charge in [-0.2, -0.15) is 4.31 Å². The summed E-state index contributed by atoms with van der Waals surface area (Å²) in [6.45, 7) is 3.92. The molecule has 0 radical (unpaired) electrons. The highest BCUT2D eigenvalue weighted by Gasteiger charge is 2.33. The van der Waals surface area contributed by atoms with Crippen LogP contribution in [0.25, 0.3) is 0 Å². The Morgan fingerprint density at radius 3 is 2.39 bits per heavy atom. The molecule has 0 spiro atoms. The van der Waals surface area contributed by atoms with Crippen molar-refractivity contribution in [1.82, 2.24) is 9.21 Å². The van der Waals surface area contributed by atoms with Crippen molar-refractivity contribution >= 4 is 33.2 Å². The molecule has 1 unspecified atom stereocenters. The zero-order valence-corrected chi connectivity index (χ0v) is 19.9. The lowest BCUT2D eigenvalue weighted by molar-refractivity contribution is -0.386. The first-order valence-corrected chi connectivity index (χ1v) is 11.9. The Balaban J connectivity index is 1.66. The molecule has 2 aromatic carbocycles. The summed E-state index contributed by atoms with van der Waals surface area (Å²) in [4.78, 5) is 24.7. The number of sulfonamides is 1. The minimum absolute atomic E-state index is 0.0285. The molecule has 178 valence electrons. The number of hydrogen-bond acceptors (Lipinski definition) is 7. The third-order valence-corrected chi connectivity index (χ3v) is 7.64. The lowest BCUT2D eigenvalue weighted by atomic mass is 10.2. The van der Waals surface area contributed by atoms with E-state index < -0.39 is 26.7 Å². The van der Waals surface area contributed by atoms with Gasteiger partial charge in [0.2, 0.25) is 10.0 Å². The van der Waals surface area contributed by atoms with Crippen LogP contribution >= 0.6 is 11.6 Å². The highest BCUT2D eigenvalue weighted by molar-refractivity contribution is 7.89. The van der Waals surface area contributed by atoms with Gasteiger partial charge in [0, 0.05) is 37.3 Å². The van der Waals surface area contributed by atoms with Crippen molar-refractivity contribution in [3.8, 4) is 11.5 Å². The van der Waals surface area contributed by atoms with Crippen molar-refractivity contribution < 1.29 is 27.6 Å². The summed E-state index contributed by atoms with van der Waals surface area (Å²) in [7, 11) is -2.71. The second-order valence-electron chi connectivity index (χ2n) is 7.49. The van der Waals surface area contributed by atoms with E-state index in [2.05, 4.69) is 0 Å². The highest BCUT2D eigenvalue weighted by Crippen LogP contribution is 2.31. The van der Waals surface area contributed by atoms with E-state index in [1.165, 1.54) is 28.4 Å². The maximum Gasteiger partial charge on any atom is 0.312 e. The summed E-state index contributed by atoms with van der Waals surface area (Å²) in [5.41, 5.74) is 0.391. The van der Waals surface area contributed by atoms with Crippen LogP contribution in [-0.4, -0.2) is 67.8 Å². The molecule has 1 amide bonds. The van der Waals surface area contributed by atoms with Gasteiger partial charge in [-0.1, -0.05) is 11.6 Å². The van der Waals surface area contributed by atoms with Crippen molar-refractivity contribution in [3.63, 3.8) is 0 Å². The van der Waals surface area contributed by atoms with Crippen LogP contribution in [0.5, 0.6) is 11.5 Å². The number of nitro benzene ring substituents is 1. The Bertz CT molecular complexity index is 1160. The number of rotatable bonds is 7. The third kappa shape index (κ3) is 5.37. The maximum absolute atomic E-state index is 13.0. The number of hydrogen-bond donors (Lipinski definition) is 0. The smallest absolute Gasteiger partial charge is 0.312 e. The molecule has 3 rings (SSSR count). The molecule has 1 atom stereocenters. The van der Waals surface area contributed by atoms with Gasteiger partial charge in [-0.05, 0) is 49.7 Å². The number of carbonyl (C=O) groups excluding carboxylic acids is 1. The van der Waals surface area contributed by atoms with E-state index in [4.69, 9.17) is 21.1 Å². The second kappa shape index (κ2) is 9.94. The molecule has 0 N–H and O–H groups in total. The molecule has 12 heteroatoms. The summed E-state index contributed by atoms with van der Waals surface area (Å²) in [5, 5.41) is 11.8. The Hall–Kier alpha value is -2.89. The largest absolute Gasteiger partial charge is 0.490 e. The molecule has 0 aromatic heterocycles. The quantitative estimate of drug-likeness (QED) is 0.426. The van der Waals surface area contributed by atoms with Crippen LogP contribution < -0.4 is 9.47 Å². The fraction of sp³-hybridized carbons (Fsp3) is 0.381. The van der Waals surface area contributed by atoms with Gasteiger partial charge < -0.3 is 14.4 Å². The standard InChI is InChI=1S/C21H24ClN3O7S/c1-14-12-16(4-6-18(14)22)32-15(2)21(26)23-8-10-24(11-9-23)33(29,30)17-5-7-20(31-3)19(13-17)25(27)28/h4-7,12-13,15H,8-11H2,1-3H3. The van der Waals surface area contributed by atoms with Gasteiger partial charge in [0.15, 0.2) is 11.9 Å². The topological polar surface area (TPSA) is 119 Å². The van der Waals surface area contributed by atoms with E-state index in [1.807, 2.05) is 6.92 Å². The number of methoxy groups -OCH3 is 1. The molecule has 33 heavy (non-hydrogen) atoms. The SMILES string of the molecule is COc1ccc(S(=O)(=O)N2CCN(C(=O)C(C)Oc3ccc(Cl)c(C)c3)CC2)cc1[N+](=O)[O-]. The molecule has 1 fully saturated rings. The van der Waals surface area contributed by atoms with Crippen LogP contribution in [0.4, 0.5) is 5.69 Å². The van der Waals surface area contributed by atoms with Gasteiger partial charge >= 0.3 is 5.69 Å². The molecule has 2 aromatic rings. The van der Waals surface area contributed by atoms with E-state index in [0.29, 0.717) is 10.8 Å². The fourth-order valence-electron chi connectivity index (χ4n) is 3.47. The summed E-state index contributed by atoms with van der Waals surface area (Å²) in [6, 6.07) is 8.61. The average molecular weight is 498 g/mol. The maximum atomic E-state index is 13.0. The van der Waals surface area contributed by atoms with Crippen LogP contribution in [-0.2, 0) is 14.8 Å². The van der Waals surface area contributed by atoms with Gasteiger partial charge in [0.05, 0.1) is 16.9 Å². The van der Waals surface area contributed by atoms with E-state index >= 15 is 0 Å². The van der Waals surface area contributed by atoms with Crippen LogP contribution in [0.1, 0.15) is 12.5 Å². The minimum Gasteiger partial charge on any atom is -0.490 e. The lowest BCUT2D eigenvalue weighted by Crippen LogP contribution is -2.53. The number of ether oxygens (including phenoxy) is 2. The van der Waals surface area contributed by atoms with E-state index in [1.54, 1.807) is 25.1 Å². The van der Waals surface area contributed by atoms with Crippen LogP contribution in [0, 0.1) is 17.0 Å². The van der Waals surface area contributed by atoms with Crippen LogP contribution in [0.15, 0.2) is 41.3 Å². The number of aryl methyl sites for hydroxylation is 1. The Labute approximate surface area is 196 Å². The molecular formula is C21H24ClN3O7S. The first kappa shape index (κ1) is 24.7. The number of halogens is 1. The summed E-state index contributed by atoms with van der Waals surface area (Å²) < 4.78 is 37.9. The highest BCUT2D eigenvalue weighted by atomic mass is 35.5. The summed E-state index contributed by atoms with van der Waals surface area (Å²) in [6.07, 6.45) is -0.766. The van der Waals surface area contributed by atoms with E-state index in [0.717, 1.165) is 11.6 Å². The summed E-state index contributed by atoms with van der Waals surface area (Å²) >= 11 is 6.01. The number of amides is 1. The molecule has 1 aliphatic heterocycles. The zero-order chi connectivity index (χ0) is 24.3. The van der Waals surface area contributed by atoms with Crippen molar-refractivity contribution in [1.29, 1.82) is 0 Å². The van der Waals surface area contributed by atoms with Gasteiger partial charge in [-0.15, -0.1) is 0 Å². The zero-order valence-electron chi connectivity index (χ0n) is 18.4. The van der Waals surface area contributed by atoms with Gasteiger partial charge in [0.1, 0.15) is 5.75 Å². The fourth-order valence-corrected chi connectivity index (χ4v) is 5.03. The lowest BCUT2D eigenvalue weighted by Gasteiger charge is -2.35. The van der Waals surface area contributed by atoms with Crippen LogP contribution in [0.3, 0.4) is 0 Å². The van der Waals surface area contributed by atoms with E-state index in [9.17, 15) is 23.3 Å².